The van der Waals surface area contributed by atoms with Gasteiger partial charge in [-0.25, -0.2) is 0 Å². The third-order valence-corrected chi connectivity index (χ3v) is 4.33. The lowest BCUT2D eigenvalue weighted by Crippen LogP contribution is -2.33. The van der Waals surface area contributed by atoms with E-state index in [9.17, 15) is 0 Å². The van der Waals surface area contributed by atoms with Gasteiger partial charge in [0.25, 0.3) is 0 Å². The van der Waals surface area contributed by atoms with Crippen molar-refractivity contribution >= 4 is 0 Å². The van der Waals surface area contributed by atoms with Crippen LogP contribution in [-0.2, 0) is 13.2 Å². The SMILES string of the molecule is OCc1cccc(CNC2CCCC3CC32)c1. The zero-order valence-electron chi connectivity index (χ0n) is 10.2. The number of aliphatic hydroxyl groups is 1. The van der Waals surface area contributed by atoms with E-state index >= 15 is 0 Å². The van der Waals surface area contributed by atoms with Gasteiger partial charge in [-0.2, -0.15) is 0 Å². The van der Waals surface area contributed by atoms with E-state index in [0.29, 0.717) is 0 Å². The summed E-state index contributed by atoms with van der Waals surface area (Å²) in [4.78, 5) is 0. The third-order valence-electron chi connectivity index (χ3n) is 4.33. The first-order valence-electron chi connectivity index (χ1n) is 6.79. The van der Waals surface area contributed by atoms with Crippen LogP contribution in [0.3, 0.4) is 0 Å². The van der Waals surface area contributed by atoms with Crippen molar-refractivity contribution in [2.24, 2.45) is 11.8 Å². The molecular weight excluding hydrogens is 210 g/mol. The van der Waals surface area contributed by atoms with Gasteiger partial charge in [-0.1, -0.05) is 37.1 Å². The molecule has 92 valence electrons. The third kappa shape index (κ3) is 2.53. The predicted molar refractivity (Wildman–Crippen MR) is 68.4 cm³/mol. The summed E-state index contributed by atoms with van der Waals surface area (Å²) in [7, 11) is 0. The highest BCUT2D eigenvalue weighted by molar-refractivity contribution is 5.22. The van der Waals surface area contributed by atoms with Gasteiger partial charge in [-0.3, -0.25) is 0 Å². The Balaban J connectivity index is 1.56. The van der Waals surface area contributed by atoms with Gasteiger partial charge < -0.3 is 10.4 Å². The summed E-state index contributed by atoms with van der Waals surface area (Å²) in [6, 6.07) is 8.98. The molecule has 0 aliphatic heterocycles. The number of fused-ring (bicyclic) bond motifs is 1. The first kappa shape index (κ1) is 11.2. The summed E-state index contributed by atoms with van der Waals surface area (Å²) in [6.45, 7) is 1.09. The molecule has 2 N–H and O–H groups in total. The van der Waals surface area contributed by atoms with Crippen LogP contribution in [0.25, 0.3) is 0 Å². The van der Waals surface area contributed by atoms with Crippen molar-refractivity contribution in [1.82, 2.24) is 5.32 Å². The van der Waals surface area contributed by atoms with Crippen LogP contribution in [0.1, 0.15) is 36.8 Å². The van der Waals surface area contributed by atoms with Crippen molar-refractivity contribution in [1.29, 1.82) is 0 Å². The molecule has 2 aliphatic carbocycles. The van der Waals surface area contributed by atoms with Gasteiger partial charge in [0.2, 0.25) is 0 Å². The molecule has 2 heteroatoms. The van der Waals surface area contributed by atoms with Gasteiger partial charge in [0, 0.05) is 12.6 Å². The van der Waals surface area contributed by atoms with Crippen LogP contribution in [0.15, 0.2) is 24.3 Å². The zero-order chi connectivity index (χ0) is 11.7. The first-order valence-corrected chi connectivity index (χ1v) is 6.79. The Bertz CT molecular complexity index is 390. The minimum atomic E-state index is 0.141. The minimum absolute atomic E-state index is 0.141. The molecule has 1 aromatic rings. The van der Waals surface area contributed by atoms with Crippen LogP contribution in [0.5, 0.6) is 0 Å². The maximum atomic E-state index is 9.11. The molecule has 2 saturated carbocycles. The second-order valence-corrected chi connectivity index (χ2v) is 5.56. The second kappa shape index (κ2) is 4.79. The molecule has 0 saturated heterocycles. The van der Waals surface area contributed by atoms with Gasteiger partial charge in [0.15, 0.2) is 0 Å². The van der Waals surface area contributed by atoms with Crippen molar-refractivity contribution in [3.63, 3.8) is 0 Å². The first-order chi connectivity index (χ1) is 8.36. The second-order valence-electron chi connectivity index (χ2n) is 5.56. The molecule has 1 aromatic carbocycles. The quantitative estimate of drug-likeness (QED) is 0.834. The molecule has 2 nitrogen and oxygen atoms in total. The standard InChI is InChI=1S/C15H21NO/c17-10-12-4-1-3-11(7-12)9-16-15-6-2-5-13-8-14(13)15/h1,3-4,7,13-17H,2,5-6,8-10H2. The van der Waals surface area contributed by atoms with E-state index in [1.807, 2.05) is 12.1 Å². The van der Waals surface area contributed by atoms with E-state index in [1.165, 1.54) is 31.2 Å². The topological polar surface area (TPSA) is 32.3 Å². The van der Waals surface area contributed by atoms with Crippen LogP contribution < -0.4 is 5.32 Å². The largest absolute Gasteiger partial charge is 0.392 e. The number of aliphatic hydroxyl groups excluding tert-OH is 1. The number of benzene rings is 1. The molecule has 2 aliphatic rings. The van der Waals surface area contributed by atoms with Gasteiger partial charge in [-0.05, 0) is 35.8 Å². The normalized spacial score (nSPS) is 31.0. The van der Waals surface area contributed by atoms with Crippen LogP contribution in [0, 0.1) is 11.8 Å². The summed E-state index contributed by atoms with van der Waals surface area (Å²) in [5.41, 5.74) is 2.30. The van der Waals surface area contributed by atoms with Crippen molar-refractivity contribution < 1.29 is 5.11 Å². The fraction of sp³-hybridized carbons (Fsp3) is 0.600. The molecular formula is C15H21NO. The molecule has 0 aromatic heterocycles. The minimum Gasteiger partial charge on any atom is -0.392 e. The van der Waals surface area contributed by atoms with Crippen LogP contribution in [0.2, 0.25) is 0 Å². The predicted octanol–water partition coefficient (Wildman–Crippen LogP) is 2.46. The molecule has 3 unspecified atom stereocenters. The van der Waals surface area contributed by atoms with Gasteiger partial charge >= 0.3 is 0 Å². The van der Waals surface area contributed by atoms with E-state index in [-0.39, 0.29) is 6.61 Å². The molecule has 0 bridgehead atoms. The fourth-order valence-corrected chi connectivity index (χ4v) is 3.25. The molecule has 3 atom stereocenters. The molecule has 17 heavy (non-hydrogen) atoms. The Hall–Kier alpha value is -0.860. The Labute approximate surface area is 103 Å². The molecule has 0 spiro atoms. The van der Waals surface area contributed by atoms with Crippen LogP contribution >= 0.6 is 0 Å². The number of rotatable bonds is 4. The van der Waals surface area contributed by atoms with E-state index in [0.717, 1.165) is 30.0 Å². The Morgan fingerprint density at radius 1 is 1.24 bits per heavy atom. The van der Waals surface area contributed by atoms with E-state index < -0.39 is 0 Å². The van der Waals surface area contributed by atoms with E-state index in [1.54, 1.807) is 0 Å². The summed E-state index contributed by atoms with van der Waals surface area (Å²) in [5.74, 6) is 2.00. The van der Waals surface area contributed by atoms with Crippen LogP contribution in [0.4, 0.5) is 0 Å². The highest BCUT2D eigenvalue weighted by atomic mass is 16.3. The maximum absolute atomic E-state index is 9.11. The highest BCUT2D eigenvalue weighted by Crippen LogP contribution is 2.49. The van der Waals surface area contributed by atoms with Gasteiger partial charge in [0.1, 0.15) is 0 Å². The van der Waals surface area contributed by atoms with Crippen molar-refractivity contribution in [3.05, 3.63) is 35.4 Å². The van der Waals surface area contributed by atoms with Gasteiger partial charge in [0.05, 0.1) is 6.61 Å². The highest BCUT2D eigenvalue weighted by Gasteiger charge is 2.44. The lowest BCUT2D eigenvalue weighted by atomic mass is 9.95. The van der Waals surface area contributed by atoms with E-state index in [2.05, 4.69) is 17.4 Å². The smallest absolute Gasteiger partial charge is 0.0681 e. The molecule has 0 heterocycles. The number of nitrogens with one attached hydrogen (secondary N) is 1. The average Bonchev–Trinajstić information content (AvgIpc) is 3.16. The summed E-state index contributed by atoms with van der Waals surface area (Å²) >= 11 is 0. The van der Waals surface area contributed by atoms with Crippen molar-refractivity contribution in [2.75, 3.05) is 0 Å². The number of hydrogen-bond donors (Lipinski definition) is 2. The lowest BCUT2D eigenvalue weighted by molar-refractivity contribution is 0.281. The Morgan fingerprint density at radius 3 is 3.00 bits per heavy atom. The number of hydrogen-bond acceptors (Lipinski definition) is 2. The Kier molecular flexibility index (Phi) is 3.17. The monoisotopic (exact) mass is 231 g/mol. The Morgan fingerprint density at radius 2 is 2.12 bits per heavy atom. The van der Waals surface area contributed by atoms with Crippen molar-refractivity contribution in [3.8, 4) is 0 Å². The molecule has 0 radical (unpaired) electrons. The fourth-order valence-electron chi connectivity index (χ4n) is 3.25. The maximum Gasteiger partial charge on any atom is 0.0681 e. The summed E-state index contributed by atoms with van der Waals surface area (Å²) < 4.78 is 0. The molecule has 0 amide bonds. The summed E-state index contributed by atoms with van der Waals surface area (Å²) in [6.07, 6.45) is 5.66. The van der Waals surface area contributed by atoms with Crippen molar-refractivity contribution in [2.45, 2.75) is 44.9 Å². The zero-order valence-corrected chi connectivity index (χ0v) is 10.2. The lowest BCUT2D eigenvalue weighted by Gasteiger charge is -2.22. The van der Waals surface area contributed by atoms with Crippen LogP contribution in [-0.4, -0.2) is 11.1 Å². The molecule has 3 rings (SSSR count). The van der Waals surface area contributed by atoms with E-state index in [4.69, 9.17) is 5.11 Å². The molecule has 2 fully saturated rings. The van der Waals surface area contributed by atoms with Gasteiger partial charge in [-0.15, -0.1) is 0 Å². The summed E-state index contributed by atoms with van der Waals surface area (Å²) in [5, 5.41) is 12.8. The average molecular weight is 231 g/mol.